The van der Waals surface area contributed by atoms with Crippen LogP contribution in [0.3, 0.4) is 0 Å². The Morgan fingerprint density at radius 3 is 2.33 bits per heavy atom. The van der Waals surface area contributed by atoms with Crippen LogP contribution in [0.5, 0.6) is 0 Å². The van der Waals surface area contributed by atoms with Crippen molar-refractivity contribution >= 4 is 21.1 Å². The number of rotatable bonds is 5. The number of benzene rings is 2. The minimum Gasteiger partial charge on any atom is -0.329 e. The quantitative estimate of drug-likeness (QED) is 0.579. The second-order valence-corrected chi connectivity index (χ2v) is 7.81. The molecule has 4 rings (SSSR count). The van der Waals surface area contributed by atoms with E-state index in [9.17, 15) is 8.42 Å². The van der Waals surface area contributed by atoms with Crippen LogP contribution >= 0.6 is 0 Å². The van der Waals surface area contributed by atoms with Crippen molar-refractivity contribution in [2.24, 2.45) is 7.05 Å². The second kappa shape index (κ2) is 6.94. The first-order chi connectivity index (χ1) is 13.1. The Hall–Kier alpha value is -3.03. The van der Waals surface area contributed by atoms with E-state index in [4.69, 9.17) is 0 Å². The van der Waals surface area contributed by atoms with Crippen LogP contribution < -0.4 is 4.72 Å². The number of nitrogens with zero attached hydrogens (tertiary/aromatic N) is 3. The predicted octanol–water partition coefficient (Wildman–Crippen LogP) is 3.04. The standard InChI is InChI=1S/C20H18N4O2S/c1-24-17-12-6-5-11-16(17)22-20(24)19(15-9-3-2-4-10-15)23-27(25,26)18-13-7-8-14-21-18/h2-14,19,23H,1H3. The normalized spacial score (nSPS) is 12.9. The van der Waals surface area contributed by atoms with Crippen LogP contribution in [-0.4, -0.2) is 23.0 Å². The minimum absolute atomic E-state index is 0.0234. The number of sulfonamides is 1. The monoisotopic (exact) mass is 378 g/mol. The van der Waals surface area contributed by atoms with Gasteiger partial charge in [-0.3, -0.25) is 0 Å². The van der Waals surface area contributed by atoms with Crippen LogP contribution in [0.1, 0.15) is 17.4 Å². The summed E-state index contributed by atoms with van der Waals surface area (Å²) in [5.74, 6) is 0.613. The molecule has 0 saturated heterocycles. The van der Waals surface area contributed by atoms with E-state index < -0.39 is 16.1 Å². The molecule has 2 aromatic heterocycles. The summed E-state index contributed by atoms with van der Waals surface area (Å²) in [6.07, 6.45) is 1.46. The second-order valence-electron chi connectivity index (χ2n) is 6.15. The SMILES string of the molecule is Cn1c(C(NS(=O)(=O)c2ccccn2)c2ccccc2)nc2ccccc21. The van der Waals surface area contributed by atoms with Gasteiger partial charge in [-0.25, -0.2) is 18.4 Å². The summed E-state index contributed by atoms with van der Waals surface area (Å²) in [5, 5.41) is -0.0234. The van der Waals surface area contributed by atoms with Gasteiger partial charge in [0.2, 0.25) is 0 Å². The summed E-state index contributed by atoms with van der Waals surface area (Å²) in [4.78, 5) is 8.66. The number of hydrogen-bond donors (Lipinski definition) is 1. The van der Waals surface area contributed by atoms with Crippen LogP contribution in [0.4, 0.5) is 0 Å². The zero-order valence-electron chi connectivity index (χ0n) is 14.6. The molecule has 136 valence electrons. The van der Waals surface area contributed by atoms with Gasteiger partial charge >= 0.3 is 0 Å². The number of pyridine rings is 1. The number of aromatic nitrogens is 3. The maximum Gasteiger partial charge on any atom is 0.258 e. The van der Waals surface area contributed by atoms with Gasteiger partial charge in [0.1, 0.15) is 11.9 Å². The molecule has 0 aliphatic rings. The molecule has 0 aliphatic carbocycles. The van der Waals surface area contributed by atoms with Gasteiger partial charge in [-0.05, 0) is 29.8 Å². The van der Waals surface area contributed by atoms with E-state index in [1.807, 2.05) is 66.2 Å². The first-order valence-electron chi connectivity index (χ1n) is 8.46. The summed E-state index contributed by atoms with van der Waals surface area (Å²) in [5.41, 5.74) is 2.55. The average Bonchev–Trinajstić information content (AvgIpc) is 3.04. The number of aryl methyl sites for hydroxylation is 1. The summed E-state index contributed by atoms with van der Waals surface area (Å²) < 4.78 is 30.5. The Morgan fingerprint density at radius 1 is 0.926 bits per heavy atom. The van der Waals surface area contributed by atoms with Crippen LogP contribution in [0.15, 0.2) is 84.0 Å². The zero-order valence-corrected chi connectivity index (χ0v) is 15.5. The van der Waals surface area contributed by atoms with E-state index in [0.717, 1.165) is 16.6 Å². The molecule has 7 heteroatoms. The molecule has 1 unspecified atom stereocenters. The molecule has 0 radical (unpaired) electrons. The lowest BCUT2D eigenvalue weighted by atomic mass is 10.1. The van der Waals surface area contributed by atoms with Crippen LogP contribution in [0.2, 0.25) is 0 Å². The van der Waals surface area contributed by atoms with E-state index in [1.54, 1.807) is 12.1 Å². The van der Waals surface area contributed by atoms with Gasteiger partial charge in [0, 0.05) is 13.2 Å². The number of hydrogen-bond acceptors (Lipinski definition) is 4. The maximum absolute atomic E-state index is 12.9. The molecular weight excluding hydrogens is 360 g/mol. The van der Waals surface area contributed by atoms with Gasteiger partial charge in [0.25, 0.3) is 10.0 Å². The highest BCUT2D eigenvalue weighted by molar-refractivity contribution is 7.89. The fourth-order valence-corrected chi connectivity index (χ4v) is 4.19. The smallest absolute Gasteiger partial charge is 0.258 e. The van der Waals surface area contributed by atoms with Gasteiger partial charge in [0.05, 0.1) is 11.0 Å². The number of imidazole rings is 1. The molecule has 2 aromatic carbocycles. The summed E-state index contributed by atoms with van der Waals surface area (Å²) in [6.45, 7) is 0. The Morgan fingerprint density at radius 2 is 1.63 bits per heavy atom. The molecule has 1 N–H and O–H groups in total. The van der Waals surface area contributed by atoms with Crippen LogP contribution in [-0.2, 0) is 17.1 Å². The topological polar surface area (TPSA) is 76.9 Å². The molecule has 27 heavy (non-hydrogen) atoms. The Labute approximate surface area is 157 Å². The third-order valence-corrected chi connectivity index (χ3v) is 5.74. The Bertz CT molecular complexity index is 1170. The van der Waals surface area contributed by atoms with Gasteiger partial charge in [0.15, 0.2) is 5.03 Å². The third kappa shape index (κ3) is 3.34. The van der Waals surface area contributed by atoms with Crippen LogP contribution in [0, 0.1) is 0 Å². The highest BCUT2D eigenvalue weighted by atomic mass is 32.2. The molecule has 0 saturated carbocycles. The highest BCUT2D eigenvalue weighted by Gasteiger charge is 2.27. The summed E-state index contributed by atoms with van der Waals surface area (Å²) >= 11 is 0. The fraction of sp³-hybridized carbons (Fsp3) is 0.100. The maximum atomic E-state index is 12.9. The Kier molecular flexibility index (Phi) is 4.47. The van der Waals surface area contributed by atoms with Crippen molar-refractivity contribution in [1.29, 1.82) is 0 Å². The van der Waals surface area contributed by atoms with Crippen molar-refractivity contribution in [2.75, 3.05) is 0 Å². The summed E-state index contributed by atoms with van der Waals surface area (Å²) in [6, 6.07) is 21.3. The van der Waals surface area contributed by atoms with Crippen molar-refractivity contribution in [2.45, 2.75) is 11.1 Å². The van der Waals surface area contributed by atoms with Crippen LogP contribution in [0.25, 0.3) is 11.0 Å². The van der Waals surface area contributed by atoms with E-state index in [2.05, 4.69) is 14.7 Å². The van der Waals surface area contributed by atoms with Crippen molar-refractivity contribution in [3.8, 4) is 0 Å². The van der Waals surface area contributed by atoms with E-state index in [-0.39, 0.29) is 5.03 Å². The molecule has 4 aromatic rings. The van der Waals surface area contributed by atoms with Gasteiger partial charge in [-0.15, -0.1) is 0 Å². The van der Waals surface area contributed by atoms with E-state index in [1.165, 1.54) is 12.3 Å². The van der Waals surface area contributed by atoms with Crippen molar-refractivity contribution in [3.05, 3.63) is 90.4 Å². The van der Waals surface area contributed by atoms with Crippen molar-refractivity contribution < 1.29 is 8.42 Å². The first kappa shape index (κ1) is 17.4. The number of fused-ring (bicyclic) bond motifs is 1. The molecule has 0 aliphatic heterocycles. The molecule has 0 amide bonds. The van der Waals surface area contributed by atoms with Crippen molar-refractivity contribution in [1.82, 2.24) is 19.3 Å². The molecule has 0 spiro atoms. The fourth-order valence-electron chi connectivity index (χ4n) is 3.06. The average molecular weight is 378 g/mol. The first-order valence-corrected chi connectivity index (χ1v) is 9.94. The molecular formula is C20H18N4O2S. The van der Waals surface area contributed by atoms with E-state index >= 15 is 0 Å². The molecule has 2 heterocycles. The zero-order chi connectivity index (χ0) is 18.9. The highest BCUT2D eigenvalue weighted by Crippen LogP contribution is 2.26. The molecule has 0 bridgehead atoms. The minimum atomic E-state index is -3.82. The summed E-state index contributed by atoms with van der Waals surface area (Å²) in [7, 11) is -1.94. The predicted molar refractivity (Wildman–Crippen MR) is 104 cm³/mol. The van der Waals surface area contributed by atoms with Gasteiger partial charge in [-0.2, -0.15) is 4.72 Å². The van der Waals surface area contributed by atoms with Gasteiger partial charge < -0.3 is 4.57 Å². The molecule has 0 fully saturated rings. The Balaban J connectivity index is 1.84. The van der Waals surface area contributed by atoms with Gasteiger partial charge in [-0.1, -0.05) is 48.5 Å². The number of para-hydroxylation sites is 2. The van der Waals surface area contributed by atoms with E-state index in [0.29, 0.717) is 5.82 Å². The third-order valence-electron chi connectivity index (χ3n) is 4.40. The molecule has 1 atom stereocenters. The largest absolute Gasteiger partial charge is 0.329 e. The van der Waals surface area contributed by atoms with Crippen molar-refractivity contribution in [3.63, 3.8) is 0 Å². The number of nitrogens with one attached hydrogen (secondary N) is 1. The lowest BCUT2D eigenvalue weighted by molar-refractivity contribution is 0.560. The lowest BCUT2D eigenvalue weighted by Gasteiger charge is -2.19. The molecule has 6 nitrogen and oxygen atoms in total. The lowest BCUT2D eigenvalue weighted by Crippen LogP contribution is -2.31.